The van der Waals surface area contributed by atoms with E-state index in [0.717, 1.165) is 58.0 Å². The highest BCUT2D eigenvalue weighted by Crippen LogP contribution is 2.36. The van der Waals surface area contributed by atoms with E-state index in [4.69, 9.17) is 21.3 Å². The molecule has 0 spiro atoms. The van der Waals surface area contributed by atoms with Gasteiger partial charge in [-0.3, -0.25) is 4.90 Å². The lowest BCUT2D eigenvalue weighted by atomic mass is 10.2. The standard InChI is InChI=1S/C25H32ClN4O2S/c1-6-28(7-2)18-14-19(26)23-22(16-18)33-21-15-17(8-9-20(21)27-23)29-10-12-30(13-11-29)24(31)32-25(3,4)5/h8-9,14-16H,6-7,10-13H2,1-5H3/q+1. The molecule has 0 aromatic heterocycles. The molecule has 0 atom stereocenters. The fourth-order valence-corrected chi connectivity index (χ4v) is 5.48. The van der Waals surface area contributed by atoms with Crippen molar-refractivity contribution >= 4 is 44.9 Å². The van der Waals surface area contributed by atoms with Crippen LogP contribution in [0.5, 0.6) is 0 Å². The van der Waals surface area contributed by atoms with E-state index in [-0.39, 0.29) is 6.09 Å². The number of carbonyl (C=O) groups excluding carboxylic acids is 1. The number of rotatable bonds is 3. The number of halogens is 1. The smallest absolute Gasteiger partial charge is 0.410 e. The van der Waals surface area contributed by atoms with Crippen molar-refractivity contribution < 1.29 is 9.53 Å². The molecule has 0 bridgehead atoms. The lowest BCUT2D eigenvalue weighted by Crippen LogP contribution is -2.51. The van der Waals surface area contributed by atoms with E-state index in [1.54, 1.807) is 16.2 Å². The summed E-state index contributed by atoms with van der Waals surface area (Å²) in [4.78, 5) is 22.4. The van der Waals surface area contributed by atoms with Crippen molar-refractivity contribution in [3.63, 3.8) is 0 Å². The zero-order valence-corrected chi connectivity index (χ0v) is 21.6. The van der Waals surface area contributed by atoms with E-state index >= 15 is 0 Å². The second-order valence-electron chi connectivity index (χ2n) is 9.27. The zero-order chi connectivity index (χ0) is 23.8. The molecule has 0 unspecified atom stereocenters. The third kappa shape index (κ3) is 5.25. The molecule has 0 N–H and O–H groups in total. The van der Waals surface area contributed by atoms with Gasteiger partial charge in [0.05, 0.1) is 38.9 Å². The van der Waals surface area contributed by atoms with Gasteiger partial charge in [-0.05, 0) is 52.8 Å². The lowest BCUT2D eigenvalue weighted by molar-refractivity contribution is 0.0218. The Bertz CT molecular complexity index is 1200. The van der Waals surface area contributed by atoms with Gasteiger partial charge in [0.2, 0.25) is 5.36 Å². The Kier molecular flexibility index (Phi) is 6.82. The third-order valence-electron chi connectivity index (χ3n) is 5.83. The van der Waals surface area contributed by atoms with Gasteiger partial charge in [0.15, 0.2) is 13.1 Å². The maximum atomic E-state index is 12.4. The van der Waals surface area contributed by atoms with E-state index in [2.05, 4.69) is 47.6 Å². The predicted molar refractivity (Wildman–Crippen MR) is 138 cm³/mol. The predicted octanol–water partition coefficient (Wildman–Crippen LogP) is 4.92. The summed E-state index contributed by atoms with van der Waals surface area (Å²) in [5, 5.41) is 1.84. The molecule has 8 heteroatoms. The van der Waals surface area contributed by atoms with Crippen LogP contribution in [0.25, 0.3) is 20.8 Å². The molecule has 1 fully saturated rings. The summed E-state index contributed by atoms with van der Waals surface area (Å²) < 4.78 is 8.92. The van der Waals surface area contributed by atoms with E-state index in [1.807, 2.05) is 26.8 Å². The van der Waals surface area contributed by atoms with Crippen LogP contribution in [0.1, 0.15) is 34.6 Å². The molecular weight excluding hydrogens is 456 g/mol. The average Bonchev–Trinajstić information content (AvgIpc) is 2.77. The second-order valence-corrected chi connectivity index (χ2v) is 10.8. The highest BCUT2D eigenvalue weighted by atomic mass is 35.5. The van der Waals surface area contributed by atoms with Crippen LogP contribution in [0.4, 0.5) is 10.5 Å². The van der Waals surface area contributed by atoms with Crippen LogP contribution in [0, 0.1) is 0 Å². The number of hydrogen-bond donors (Lipinski definition) is 0. The highest BCUT2D eigenvalue weighted by Gasteiger charge is 2.27. The maximum Gasteiger partial charge on any atom is 0.410 e. The molecule has 2 aliphatic heterocycles. The number of amides is 1. The van der Waals surface area contributed by atoms with Crippen molar-refractivity contribution in [2.24, 2.45) is 0 Å². The van der Waals surface area contributed by atoms with Crippen molar-refractivity contribution in [1.29, 1.82) is 0 Å². The van der Waals surface area contributed by atoms with Gasteiger partial charge in [-0.2, -0.15) is 0 Å². The monoisotopic (exact) mass is 487 g/mol. The molecular formula is C25H32ClN4O2S+. The zero-order valence-electron chi connectivity index (χ0n) is 20.0. The minimum Gasteiger partial charge on any atom is -0.444 e. The van der Waals surface area contributed by atoms with E-state index in [0.29, 0.717) is 18.1 Å². The molecule has 6 nitrogen and oxygen atoms in total. The van der Waals surface area contributed by atoms with Crippen LogP contribution in [0.3, 0.4) is 0 Å². The Morgan fingerprint density at radius 2 is 1.88 bits per heavy atom. The molecule has 1 aliphatic carbocycles. The van der Waals surface area contributed by atoms with Gasteiger partial charge in [-0.1, -0.05) is 11.6 Å². The van der Waals surface area contributed by atoms with Gasteiger partial charge in [0.1, 0.15) is 5.60 Å². The molecule has 0 radical (unpaired) electrons. The number of ether oxygens (including phenoxy) is 1. The molecule has 1 aromatic rings. The van der Waals surface area contributed by atoms with Crippen LogP contribution in [-0.2, 0) is 4.74 Å². The van der Waals surface area contributed by atoms with Crippen LogP contribution in [0.2, 0.25) is 5.02 Å². The second kappa shape index (κ2) is 9.47. The van der Waals surface area contributed by atoms with Crippen LogP contribution in [0.15, 0.2) is 30.3 Å². The quantitative estimate of drug-likeness (QED) is 0.388. The van der Waals surface area contributed by atoms with Crippen LogP contribution < -0.4 is 14.8 Å². The molecule has 33 heavy (non-hydrogen) atoms. The Labute approximate surface area is 204 Å². The molecule has 1 saturated heterocycles. The van der Waals surface area contributed by atoms with Crippen LogP contribution >= 0.6 is 22.9 Å². The molecule has 4 rings (SSSR count). The fraction of sp³-hybridized carbons (Fsp3) is 0.480. The molecule has 3 aliphatic rings. The first kappa shape index (κ1) is 23.8. The molecule has 1 aromatic carbocycles. The number of fused-ring (bicyclic) bond motifs is 2. The number of aromatic nitrogens is 1. The van der Waals surface area contributed by atoms with Gasteiger partial charge in [-0.25, -0.2) is 14.4 Å². The first-order chi connectivity index (χ1) is 15.7. The Morgan fingerprint density at radius 3 is 2.52 bits per heavy atom. The van der Waals surface area contributed by atoms with Crippen molar-refractivity contribution in [3.8, 4) is 10.6 Å². The van der Waals surface area contributed by atoms with Crippen molar-refractivity contribution in [1.82, 2.24) is 14.5 Å². The molecule has 1 amide bonds. The summed E-state index contributed by atoms with van der Waals surface area (Å²) in [6.07, 6.45) is -0.237. The third-order valence-corrected chi connectivity index (χ3v) is 7.20. The van der Waals surface area contributed by atoms with Gasteiger partial charge in [-0.15, -0.1) is 11.3 Å². The normalized spacial score (nSPS) is 14.7. The summed E-state index contributed by atoms with van der Waals surface area (Å²) in [5.74, 6) is 0. The summed E-state index contributed by atoms with van der Waals surface area (Å²) >= 11 is 8.34. The summed E-state index contributed by atoms with van der Waals surface area (Å²) in [6, 6.07) is 10.6. The fourth-order valence-electron chi connectivity index (χ4n) is 4.10. The minimum absolute atomic E-state index is 0.237. The molecule has 176 valence electrons. The largest absolute Gasteiger partial charge is 0.444 e. The van der Waals surface area contributed by atoms with Gasteiger partial charge >= 0.3 is 6.09 Å². The average molecular weight is 488 g/mol. The Morgan fingerprint density at radius 1 is 1.18 bits per heavy atom. The van der Waals surface area contributed by atoms with E-state index < -0.39 is 5.60 Å². The Balaban J connectivity index is 1.65. The minimum atomic E-state index is -0.474. The number of anilines is 1. The van der Waals surface area contributed by atoms with Crippen molar-refractivity contribution in [2.45, 2.75) is 40.2 Å². The van der Waals surface area contributed by atoms with Crippen molar-refractivity contribution in [2.75, 3.05) is 44.2 Å². The van der Waals surface area contributed by atoms with E-state index in [9.17, 15) is 4.79 Å². The van der Waals surface area contributed by atoms with Gasteiger partial charge in [0, 0.05) is 30.9 Å². The lowest BCUT2D eigenvalue weighted by Gasteiger charge is -2.28. The van der Waals surface area contributed by atoms with E-state index in [1.165, 1.54) is 0 Å². The summed E-state index contributed by atoms with van der Waals surface area (Å²) in [6.45, 7) is 14.7. The first-order valence-corrected chi connectivity index (χ1v) is 12.7. The topological polar surface area (TPSA) is 48.7 Å². The SMILES string of the molecule is CCN(CC)c1cc(Cl)c2nc3ccc(=[N+]4CCN(C(=O)OC(C)(C)C)CC4)cc-3sc2c1. The van der Waals surface area contributed by atoms with Crippen molar-refractivity contribution in [3.05, 3.63) is 40.7 Å². The van der Waals surface area contributed by atoms with Gasteiger partial charge < -0.3 is 9.64 Å². The summed E-state index contributed by atoms with van der Waals surface area (Å²) in [5.41, 5.74) is 2.45. The first-order valence-electron chi connectivity index (χ1n) is 11.5. The molecule has 0 saturated carbocycles. The maximum absolute atomic E-state index is 12.4. The number of carbonyl (C=O) groups is 1. The molecule has 2 heterocycles. The number of nitrogens with zero attached hydrogens (tertiary/aromatic N) is 4. The van der Waals surface area contributed by atoms with Crippen LogP contribution in [-0.4, -0.2) is 60.8 Å². The number of benzene rings is 2. The highest BCUT2D eigenvalue weighted by molar-refractivity contribution is 7.21. The number of hydrogen-bond acceptors (Lipinski definition) is 5. The number of piperazine rings is 1. The summed E-state index contributed by atoms with van der Waals surface area (Å²) in [7, 11) is 0. The van der Waals surface area contributed by atoms with Gasteiger partial charge in [0.25, 0.3) is 0 Å². The Hall–Kier alpha value is -2.38.